The average Bonchev–Trinajstić information content (AvgIpc) is 3.23. The number of fused-ring (bicyclic) bond motifs is 1. The summed E-state index contributed by atoms with van der Waals surface area (Å²) in [5.41, 5.74) is 1.08. The molecule has 2 aliphatic heterocycles. The number of nitrogens with zero attached hydrogens (tertiary/aromatic N) is 2. The number of aryl methyl sites for hydroxylation is 1. The van der Waals surface area contributed by atoms with Crippen LogP contribution in [0.25, 0.3) is 0 Å². The summed E-state index contributed by atoms with van der Waals surface area (Å²) in [7, 11) is -3.68. The molecule has 5 nitrogen and oxygen atoms in total. The molecule has 0 atom stereocenters. The van der Waals surface area contributed by atoms with Crippen LogP contribution in [0.15, 0.2) is 41.3 Å². The number of amides is 1. The molecule has 2 aliphatic rings. The van der Waals surface area contributed by atoms with Crippen LogP contribution < -0.4 is 4.90 Å². The van der Waals surface area contributed by atoms with Gasteiger partial charge in [-0.1, -0.05) is 23.7 Å². The second-order valence-electron chi connectivity index (χ2n) is 7.06. The molecular weight excluding hydrogens is 403 g/mol. The van der Waals surface area contributed by atoms with Crippen LogP contribution in [0.5, 0.6) is 0 Å². The van der Waals surface area contributed by atoms with Gasteiger partial charge in [0.1, 0.15) is 5.82 Å². The summed E-state index contributed by atoms with van der Waals surface area (Å²) in [5.74, 6) is -0.961. The Morgan fingerprint density at radius 1 is 1.04 bits per heavy atom. The molecule has 0 radical (unpaired) electrons. The van der Waals surface area contributed by atoms with Gasteiger partial charge in [0.15, 0.2) is 0 Å². The van der Waals surface area contributed by atoms with Crippen molar-refractivity contribution in [1.29, 1.82) is 0 Å². The largest absolute Gasteiger partial charge is 0.305 e. The van der Waals surface area contributed by atoms with E-state index in [0.717, 1.165) is 18.4 Å². The highest BCUT2D eigenvalue weighted by atomic mass is 35.5. The van der Waals surface area contributed by atoms with Gasteiger partial charge in [0.2, 0.25) is 10.0 Å². The summed E-state index contributed by atoms with van der Waals surface area (Å²) in [6.07, 6.45) is 3.03. The minimum atomic E-state index is -3.68. The maximum atomic E-state index is 14.4. The minimum Gasteiger partial charge on any atom is -0.305 e. The van der Waals surface area contributed by atoms with Gasteiger partial charge in [-0.25, -0.2) is 12.8 Å². The Hall–Kier alpha value is -1.96. The van der Waals surface area contributed by atoms with Crippen molar-refractivity contribution in [2.24, 2.45) is 0 Å². The van der Waals surface area contributed by atoms with Crippen molar-refractivity contribution in [3.63, 3.8) is 0 Å². The average molecular weight is 423 g/mol. The van der Waals surface area contributed by atoms with Gasteiger partial charge in [-0.2, -0.15) is 4.31 Å². The fourth-order valence-corrected chi connectivity index (χ4v) is 5.60. The number of hydrogen-bond donors (Lipinski definition) is 0. The van der Waals surface area contributed by atoms with E-state index >= 15 is 0 Å². The molecule has 0 saturated carbocycles. The van der Waals surface area contributed by atoms with E-state index in [1.54, 1.807) is 12.1 Å². The zero-order valence-corrected chi connectivity index (χ0v) is 16.8. The normalized spacial score (nSPS) is 17.6. The Kier molecular flexibility index (Phi) is 5.16. The smallest absolute Gasteiger partial charge is 0.259 e. The summed E-state index contributed by atoms with van der Waals surface area (Å²) in [5, 5.41) is 0.147. The highest BCUT2D eigenvalue weighted by molar-refractivity contribution is 7.89. The Balaban J connectivity index is 1.74. The fraction of sp³-hybridized carbons (Fsp3) is 0.350. The molecule has 0 unspecified atom stereocenters. The molecule has 4 rings (SSSR count). The monoisotopic (exact) mass is 422 g/mol. The molecule has 0 N–H and O–H groups in total. The third-order valence-electron chi connectivity index (χ3n) is 5.28. The topological polar surface area (TPSA) is 57.7 Å². The Bertz CT molecular complexity index is 1040. The van der Waals surface area contributed by atoms with Crippen molar-refractivity contribution < 1.29 is 17.6 Å². The third-order valence-corrected chi connectivity index (χ3v) is 7.51. The van der Waals surface area contributed by atoms with E-state index < -0.39 is 21.7 Å². The van der Waals surface area contributed by atoms with Gasteiger partial charge in [0.05, 0.1) is 21.2 Å². The van der Waals surface area contributed by atoms with Gasteiger partial charge >= 0.3 is 0 Å². The van der Waals surface area contributed by atoms with Gasteiger partial charge in [-0.05, 0) is 55.5 Å². The minimum absolute atomic E-state index is 0.0351. The number of halogens is 2. The van der Waals surface area contributed by atoms with E-state index in [9.17, 15) is 17.6 Å². The molecule has 2 aromatic rings. The van der Waals surface area contributed by atoms with Crippen molar-refractivity contribution in [3.8, 4) is 0 Å². The number of para-hydroxylation sites is 1. The lowest BCUT2D eigenvalue weighted by Crippen LogP contribution is -2.36. The lowest BCUT2D eigenvalue weighted by atomic mass is 10.0. The van der Waals surface area contributed by atoms with Gasteiger partial charge in [-0.3, -0.25) is 4.79 Å². The highest BCUT2D eigenvalue weighted by Gasteiger charge is 2.31. The Morgan fingerprint density at radius 3 is 2.54 bits per heavy atom. The van der Waals surface area contributed by atoms with Gasteiger partial charge < -0.3 is 4.90 Å². The Labute approximate surface area is 168 Å². The van der Waals surface area contributed by atoms with Crippen LogP contribution in [0, 0.1) is 5.82 Å². The van der Waals surface area contributed by atoms with Crippen molar-refractivity contribution >= 4 is 33.2 Å². The quantitative estimate of drug-likeness (QED) is 0.754. The van der Waals surface area contributed by atoms with Crippen LogP contribution in [0.2, 0.25) is 5.02 Å². The maximum Gasteiger partial charge on any atom is 0.259 e. The number of anilines is 1. The highest BCUT2D eigenvalue weighted by Crippen LogP contribution is 2.33. The van der Waals surface area contributed by atoms with E-state index in [-0.39, 0.29) is 21.2 Å². The van der Waals surface area contributed by atoms with Crippen molar-refractivity contribution in [3.05, 3.63) is 58.4 Å². The molecule has 0 bridgehead atoms. The molecule has 0 spiro atoms. The molecule has 1 amide bonds. The van der Waals surface area contributed by atoms with Crippen LogP contribution in [-0.4, -0.2) is 38.3 Å². The van der Waals surface area contributed by atoms with Crippen molar-refractivity contribution in [2.75, 3.05) is 24.5 Å². The zero-order chi connectivity index (χ0) is 19.9. The van der Waals surface area contributed by atoms with Gasteiger partial charge in [-0.15, -0.1) is 0 Å². The van der Waals surface area contributed by atoms with E-state index in [1.165, 1.54) is 33.5 Å². The second kappa shape index (κ2) is 7.46. The summed E-state index contributed by atoms with van der Waals surface area (Å²) in [4.78, 5) is 14.6. The first-order valence-corrected chi connectivity index (χ1v) is 11.1. The first kappa shape index (κ1) is 19.4. The molecule has 28 heavy (non-hydrogen) atoms. The molecule has 148 valence electrons. The lowest BCUT2D eigenvalue weighted by Gasteiger charge is -2.30. The summed E-state index contributed by atoms with van der Waals surface area (Å²) < 4.78 is 41.6. The molecule has 2 aromatic carbocycles. The molecule has 2 heterocycles. The van der Waals surface area contributed by atoms with Crippen LogP contribution >= 0.6 is 11.6 Å². The standard InChI is InChI=1S/C20H20ClFN2O3S/c21-17-9-8-15(28(26,27)23-10-1-2-11-23)13-16(17)20(25)24-12-4-6-14-5-3-7-18(22)19(14)24/h3,5,7-9,13H,1-2,4,6,10-12H2. The van der Waals surface area contributed by atoms with Crippen LogP contribution in [0.3, 0.4) is 0 Å². The molecule has 8 heteroatoms. The first-order valence-electron chi connectivity index (χ1n) is 9.28. The third kappa shape index (κ3) is 3.32. The summed E-state index contributed by atoms with van der Waals surface area (Å²) in [6.45, 7) is 1.30. The van der Waals surface area contributed by atoms with Crippen LogP contribution in [-0.2, 0) is 16.4 Å². The van der Waals surface area contributed by atoms with E-state index in [0.29, 0.717) is 32.5 Å². The number of carbonyl (C=O) groups excluding carboxylic acids is 1. The lowest BCUT2D eigenvalue weighted by molar-refractivity contribution is 0.0984. The first-order chi connectivity index (χ1) is 13.4. The van der Waals surface area contributed by atoms with E-state index in [1.807, 2.05) is 0 Å². The second-order valence-corrected chi connectivity index (χ2v) is 9.41. The molecule has 1 saturated heterocycles. The number of carbonyl (C=O) groups is 1. The molecule has 0 aliphatic carbocycles. The maximum absolute atomic E-state index is 14.4. The van der Waals surface area contributed by atoms with E-state index in [2.05, 4.69) is 0 Å². The number of hydrogen-bond acceptors (Lipinski definition) is 3. The number of rotatable bonds is 3. The summed E-state index contributed by atoms with van der Waals surface area (Å²) in [6, 6.07) is 8.89. The number of sulfonamides is 1. The molecule has 0 aromatic heterocycles. The van der Waals surface area contributed by atoms with E-state index in [4.69, 9.17) is 11.6 Å². The van der Waals surface area contributed by atoms with Crippen LogP contribution in [0.1, 0.15) is 35.2 Å². The number of benzene rings is 2. The van der Waals surface area contributed by atoms with Gasteiger partial charge in [0, 0.05) is 19.6 Å². The predicted octanol–water partition coefficient (Wildman–Crippen LogP) is 3.86. The zero-order valence-electron chi connectivity index (χ0n) is 15.2. The molecule has 1 fully saturated rings. The van der Waals surface area contributed by atoms with Crippen LogP contribution in [0.4, 0.5) is 10.1 Å². The molecular formula is C20H20ClFN2O3S. The predicted molar refractivity (Wildman–Crippen MR) is 106 cm³/mol. The fourth-order valence-electron chi connectivity index (χ4n) is 3.86. The van der Waals surface area contributed by atoms with Crippen molar-refractivity contribution in [2.45, 2.75) is 30.6 Å². The summed E-state index contributed by atoms with van der Waals surface area (Å²) >= 11 is 6.24. The SMILES string of the molecule is O=C(c1cc(S(=O)(=O)N2CCCC2)ccc1Cl)N1CCCc2cccc(F)c21. The Morgan fingerprint density at radius 2 is 1.79 bits per heavy atom. The van der Waals surface area contributed by atoms with Gasteiger partial charge in [0.25, 0.3) is 5.91 Å². The van der Waals surface area contributed by atoms with Crippen molar-refractivity contribution in [1.82, 2.24) is 4.31 Å².